The van der Waals surface area contributed by atoms with Crippen LogP contribution in [0.4, 0.5) is 8.78 Å². The molecule has 1 unspecified atom stereocenters. The lowest BCUT2D eigenvalue weighted by Crippen LogP contribution is -2.32. The van der Waals surface area contributed by atoms with Crippen LogP contribution in [-0.2, 0) is 18.3 Å². The summed E-state index contributed by atoms with van der Waals surface area (Å²) in [5.41, 5.74) is 1.98. The number of carbonyl (C=O) groups excluding carboxylic acids is 1. The number of hydrogen-bond acceptors (Lipinski definition) is 4. The Kier molecular flexibility index (Phi) is 5.67. The molecule has 1 N–H and O–H groups in total. The summed E-state index contributed by atoms with van der Waals surface area (Å²) < 4.78 is 28.6. The highest BCUT2D eigenvalue weighted by atomic mass is 32.1. The van der Waals surface area contributed by atoms with Crippen molar-refractivity contribution < 1.29 is 13.6 Å². The van der Waals surface area contributed by atoms with E-state index in [1.165, 1.54) is 35.6 Å². The Morgan fingerprint density at radius 3 is 2.67 bits per heavy atom. The first kappa shape index (κ1) is 19.9. The first-order valence-electron chi connectivity index (χ1n) is 9.22. The summed E-state index contributed by atoms with van der Waals surface area (Å²) in [5.74, 6) is -0.299. The highest BCUT2D eigenvalue weighted by Gasteiger charge is 2.21. The Morgan fingerprint density at radius 1 is 1.17 bits per heavy atom. The molecule has 2 aromatic carbocycles. The lowest BCUT2D eigenvalue weighted by Gasteiger charge is -2.19. The van der Waals surface area contributed by atoms with Crippen LogP contribution in [0.5, 0.6) is 0 Å². The topological polar surface area (TPSA) is 59.8 Å². The van der Waals surface area contributed by atoms with Crippen molar-refractivity contribution in [3.63, 3.8) is 0 Å². The molecule has 0 radical (unpaired) electrons. The van der Waals surface area contributed by atoms with Gasteiger partial charge in [0.05, 0.1) is 12.1 Å². The minimum absolute atomic E-state index is 0.0634. The number of nitrogens with one attached hydrogen (secondary N) is 1. The fourth-order valence-corrected chi connectivity index (χ4v) is 3.94. The molecule has 0 bridgehead atoms. The van der Waals surface area contributed by atoms with E-state index < -0.39 is 6.04 Å². The maximum absolute atomic E-state index is 13.4. The van der Waals surface area contributed by atoms with Crippen molar-refractivity contribution in [3.8, 4) is 10.6 Å². The molecule has 1 amide bonds. The lowest BCUT2D eigenvalue weighted by atomic mass is 10.1. The second kappa shape index (κ2) is 8.54. The number of rotatable bonds is 6. The van der Waals surface area contributed by atoms with E-state index in [-0.39, 0.29) is 24.0 Å². The van der Waals surface area contributed by atoms with Crippen molar-refractivity contribution in [1.82, 2.24) is 19.9 Å². The largest absolute Gasteiger partial charge is 0.342 e. The number of hydrogen-bond donors (Lipinski definition) is 1. The van der Waals surface area contributed by atoms with Crippen molar-refractivity contribution in [3.05, 3.63) is 95.0 Å². The monoisotopic (exact) mass is 424 g/mol. The molecular formula is C22H18F2N4OS. The van der Waals surface area contributed by atoms with Crippen LogP contribution in [0.2, 0.25) is 0 Å². The summed E-state index contributed by atoms with van der Waals surface area (Å²) in [6.07, 6.45) is 3.49. The van der Waals surface area contributed by atoms with Gasteiger partial charge >= 0.3 is 0 Å². The number of aryl methyl sites for hydroxylation is 1. The van der Waals surface area contributed by atoms with E-state index in [2.05, 4.69) is 15.3 Å². The van der Waals surface area contributed by atoms with Gasteiger partial charge in [-0.2, -0.15) is 0 Å². The molecule has 5 nitrogen and oxygen atoms in total. The predicted molar refractivity (Wildman–Crippen MR) is 111 cm³/mol. The molecule has 0 saturated heterocycles. The maximum atomic E-state index is 13.4. The van der Waals surface area contributed by atoms with E-state index in [9.17, 15) is 13.6 Å². The van der Waals surface area contributed by atoms with E-state index in [4.69, 9.17) is 0 Å². The molecule has 0 aliphatic heterocycles. The third kappa shape index (κ3) is 4.44. The summed E-state index contributed by atoms with van der Waals surface area (Å²) in [6, 6.07) is 11.6. The quantitative estimate of drug-likeness (QED) is 0.503. The molecule has 2 aromatic heterocycles. The van der Waals surface area contributed by atoms with Gasteiger partial charge in [-0.15, -0.1) is 11.3 Å². The molecule has 1 atom stereocenters. The molecule has 8 heteroatoms. The van der Waals surface area contributed by atoms with Gasteiger partial charge in [-0.05, 0) is 29.8 Å². The minimum Gasteiger partial charge on any atom is -0.342 e. The van der Waals surface area contributed by atoms with Crippen LogP contribution in [0.15, 0.2) is 66.3 Å². The van der Waals surface area contributed by atoms with Crippen molar-refractivity contribution in [2.75, 3.05) is 0 Å². The molecule has 152 valence electrons. The van der Waals surface area contributed by atoms with Gasteiger partial charge < -0.3 is 9.88 Å². The van der Waals surface area contributed by atoms with Gasteiger partial charge in [0, 0.05) is 30.4 Å². The van der Waals surface area contributed by atoms with Crippen LogP contribution >= 0.6 is 11.3 Å². The molecule has 4 aromatic rings. The summed E-state index contributed by atoms with van der Waals surface area (Å²) in [5, 5.41) is 5.40. The zero-order valence-electron chi connectivity index (χ0n) is 16.0. The molecule has 30 heavy (non-hydrogen) atoms. The highest BCUT2D eigenvalue weighted by molar-refractivity contribution is 7.13. The van der Waals surface area contributed by atoms with Gasteiger partial charge in [-0.3, -0.25) is 4.79 Å². The third-order valence-electron chi connectivity index (χ3n) is 4.59. The number of nitrogens with zero attached hydrogens (tertiary/aromatic N) is 3. The Bertz CT molecular complexity index is 1170. The summed E-state index contributed by atoms with van der Waals surface area (Å²) in [4.78, 5) is 21.5. The molecule has 0 saturated carbocycles. The predicted octanol–water partition coefficient (Wildman–Crippen LogP) is 4.27. The summed E-state index contributed by atoms with van der Waals surface area (Å²) >= 11 is 1.35. The Labute approximate surface area is 176 Å². The minimum atomic E-state index is -0.528. The fourth-order valence-electron chi connectivity index (χ4n) is 3.13. The van der Waals surface area contributed by atoms with Crippen LogP contribution in [0.1, 0.15) is 23.1 Å². The van der Waals surface area contributed by atoms with Crippen LogP contribution < -0.4 is 5.32 Å². The van der Waals surface area contributed by atoms with Crippen molar-refractivity contribution in [1.29, 1.82) is 0 Å². The standard InChI is InChI=1S/C22H18F2N4OS/c1-28-10-9-25-21(28)20(14-5-7-16(23)8-6-14)27-19(29)12-18-13-30-22(26-18)15-3-2-4-17(24)11-15/h2-11,13,20H,12H2,1H3,(H,27,29). The van der Waals surface area contributed by atoms with Gasteiger partial charge in [0.1, 0.15) is 28.5 Å². The SMILES string of the molecule is Cn1ccnc1C(NC(=O)Cc1csc(-c2cccc(F)c2)n1)c1ccc(F)cc1. The molecule has 2 heterocycles. The van der Waals surface area contributed by atoms with Gasteiger partial charge in [-0.25, -0.2) is 18.7 Å². The van der Waals surface area contributed by atoms with Gasteiger partial charge in [0.2, 0.25) is 5.91 Å². The van der Waals surface area contributed by atoms with Gasteiger partial charge in [0.15, 0.2) is 0 Å². The number of amides is 1. The number of thiazole rings is 1. The molecule has 0 spiro atoms. The smallest absolute Gasteiger partial charge is 0.226 e. The van der Waals surface area contributed by atoms with E-state index in [0.29, 0.717) is 22.1 Å². The molecule has 0 aliphatic rings. The Morgan fingerprint density at radius 2 is 1.97 bits per heavy atom. The van der Waals surface area contributed by atoms with E-state index in [1.54, 1.807) is 46.6 Å². The third-order valence-corrected chi connectivity index (χ3v) is 5.53. The van der Waals surface area contributed by atoms with Crippen LogP contribution in [0, 0.1) is 11.6 Å². The zero-order chi connectivity index (χ0) is 21.1. The van der Waals surface area contributed by atoms with E-state index >= 15 is 0 Å². The molecule has 0 fully saturated rings. The number of benzene rings is 2. The Hall–Kier alpha value is -3.39. The highest BCUT2D eigenvalue weighted by Crippen LogP contribution is 2.25. The lowest BCUT2D eigenvalue weighted by molar-refractivity contribution is -0.121. The summed E-state index contributed by atoms with van der Waals surface area (Å²) in [7, 11) is 1.83. The van der Waals surface area contributed by atoms with Crippen LogP contribution in [0.3, 0.4) is 0 Å². The Balaban J connectivity index is 1.52. The molecular weight excluding hydrogens is 406 g/mol. The van der Waals surface area contributed by atoms with Crippen molar-refractivity contribution in [2.45, 2.75) is 12.5 Å². The molecule has 4 rings (SSSR count). The number of imidazole rings is 1. The first-order chi connectivity index (χ1) is 14.5. The second-order valence-corrected chi connectivity index (χ2v) is 7.64. The van der Waals surface area contributed by atoms with Crippen LogP contribution in [-0.4, -0.2) is 20.4 Å². The van der Waals surface area contributed by atoms with Crippen LogP contribution in [0.25, 0.3) is 10.6 Å². The first-order valence-corrected chi connectivity index (χ1v) is 10.1. The zero-order valence-corrected chi connectivity index (χ0v) is 16.9. The average Bonchev–Trinajstić information content (AvgIpc) is 3.36. The van der Waals surface area contributed by atoms with Crippen molar-refractivity contribution in [2.24, 2.45) is 7.05 Å². The maximum Gasteiger partial charge on any atom is 0.226 e. The number of halogens is 2. The number of carbonyl (C=O) groups is 1. The normalized spacial score (nSPS) is 12.0. The van der Waals surface area contributed by atoms with E-state index in [0.717, 1.165) is 5.56 Å². The van der Waals surface area contributed by atoms with Gasteiger partial charge in [-0.1, -0.05) is 24.3 Å². The average molecular weight is 424 g/mol. The fraction of sp³-hybridized carbons (Fsp3) is 0.136. The molecule has 0 aliphatic carbocycles. The second-order valence-electron chi connectivity index (χ2n) is 6.78. The van der Waals surface area contributed by atoms with Crippen molar-refractivity contribution >= 4 is 17.2 Å². The number of aromatic nitrogens is 3. The van der Waals surface area contributed by atoms with Gasteiger partial charge in [0.25, 0.3) is 0 Å². The summed E-state index contributed by atoms with van der Waals surface area (Å²) in [6.45, 7) is 0. The van der Waals surface area contributed by atoms with E-state index in [1.807, 2.05) is 7.05 Å².